The first-order valence-electron chi connectivity index (χ1n) is 10.1. The van der Waals surface area contributed by atoms with Crippen molar-refractivity contribution in [3.05, 3.63) is 73.8 Å². The molecule has 0 atom stereocenters. The van der Waals surface area contributed by atoms with Crippen molar-refractivity contribution in [3.63, 3.8) is 0 Å². The molecule has 0 fully saturated rings. The van der Waals surface area contributed by atoms with E-state index < -0.39 is 0 Å². The molecule has 1 aliphatic heterocycles. The van der Waals surface area contributed by atoms with Crippen LogP contribution >= 0.6 is 11.3 Å². The summed E-state index contributed by atoms with van der Waals surface area (Å²) in [5.41, 5.74) is 3.24. The maximum atomic E-state index is 13.0. The van der Waals surface area contributed by atoms with Gasteiger partial charge in [-0.2, -0.15) is 0 Å². The second kappa shape index (κ2) is 8.75. The van der Waals surface area contributed by atoms with Crippen LogP contribution in [0.15, 0.2) is 58.3 Å². The van der Waals surface area contributed by atoms with E-state index >= 15 is 0 Å². The fraction of sp³-hybridized carbons (Fsp3) is 0.304. The van der Waals surface area contributed by atoms with Crippen molar-refractivity contribution in [3.8, 4) is 5.75 Å². The third-order valence-electron chi connectivity index (χ3n) is 5.33. The molecule has 30 heavy (non-hydrogen) atoms. The van der Waals surface area contributed by atoms with Crippen LogP contribution in [0.5, 0.6) is 5.75 Å². The third kappa shape index (κ3) is 3.98. The van der Waals surface area contributed by atoms with Gasteiger partial charge in [0.05, 0.1) is 11.6 Å². The number of methoxy groups -OCH3 is 1. The second-order valence-electron chi connectivity index (χ2n) is 7.07. The predicted molar refractivity (Wildman–Crippen MR) is 123 cm³/mol. The number of anilines is 2. The summed E-state index contributed by atoms with van der Waals surface area (Å²) in [6.45, 7) is 7.29. The zero-order valence-corrected chi connectivity index (χ0v) is 18.4. The molecular formula is C23H26N4O2S. The molecule has 7 heteroatoms. The van der Waals surface area contributed by atoms with E-state index in [9.17, 15) is 4.79 Å². The van der Waals surface area contributed by atoms with E-state index in [1.54, 1.807) is 11.7 Å². The number of aromatic nitrogens is 1. The Morgan fingerprint density at radius 2 is 1.80 bits per heavy atom. The predicted octanol–water partition coefficient (Wildman–Crippen LogP) is 2.65. The Morgan fingerprint density at radius 1 is 1.10 bits per heavy atom. The number of ether oxygens (including phenoxy) is 1. The van der Waals surface area contributed by atoms with Gasteiger partial charge < -0.3 is 14.5 Å². The number of nitrogens with zero attached hydrogens (tertiary/aromatic N) is 4. The molecule has 0 saturated heterocycles. The van der Waals surface area contributed by atoms with Gasteiger partial charge in [0, 0.05) is 24.5 Å². The topological polar surface area (TPSA) is 50.1 Å². The van der Waals surface area contributed by atoms with E-state index in [1.807, 2.05) is 30.3 Å². The fourth-order valence-corrected chi connectivity index (χ4v) is 4.55. The van der Waals surface area contributed by atoms with E-state index in [4.69, 9.17) is 4.74 Å². The normalized spacial score (nSPS) is 13.7. The average molecular weight is 423 g/mol. The molecule has 4 rings (SSSR count). The first kappa shape index (κ1) is 20.2. The largest absolute Gasteiger partial charge is 0.497 e. The maximum absolute atomic E-state index is 13.0. The number of benzene rings is 2. The van der Waals surface area contributed by atoms with Gasteiger partial charge in [-0.05, 0) is 61.9 Å². The lowest BCUT2D eigenvalue weighted by atomic mass is 10.2. The molecule has 0 spiro atoms. The summed E-state index contributed by atoms with van der Waals surface area (Å²) in [4.78, 5) is 22.8. The van der Waals surface area contributed by atoms with E-state index in [-0.39, 0.29) is 5.56 Å². The van der Waals surface area contributed by atoms with Crippen molar-refractivity contribution >= 4 is 28.8 Å². The van der Waals surface area contributed by atoms with Gasteiger partial charge in [0.1, 0.15) is 19.1 Å². The highest BCUT2D eigenvalue weighted by molar-refractivity contribution is 7.07. The molecule has 0 N–H and O–H groups in total. The molecule has 156 valence electrons. The summed E-state index contributed by atoms with van der Waals surface area (Å²) in [5, 5.41) is 0. The zero-order valence-electron chi connectivity index (χ0n) is 17.5. The van der Waals surface area contributed by atoms with Crippen LogP contribution in [-0.2, 0) is 6.67 Å². The second-order valence-corrected chi connectivity index (χ2v) is 8.08. The van der Waals surface area contributed by atoms with Gasteiger partial charge in [0.25, 0.3) is 5.56 Å². The van der Waals surface area contributed by atoms with Crippen LogP contribution in [0.1, 0.15) is 19.4 Å². The molecule has 3 aromatic rings. The molecule has 0 saturated carbocycles. The molecule has 0 bridgehead atoms. The minimum atomic E-state index is 0.00443. The molecule has 6 nitrogen and oxygen atoms in total. The quantitative estimate of drug-likeness (QED) is 0.613. The molecule has 0 aliphatic carbocycles. The van der Waals surface area contributed by atoms with Crippen LogP contribution in [0.3, 0.4) is 0 Å². The number of rotatable bonds is 6. The van der Waals surface area contributed by atoms with Gasteiger partial charge in [-0.3, -0.25) is 9.36 Å². The van der Waals surface area contributed by atoms with Crippen molar-refractivity contribution in [2.75, 3.05) is 36.7 Å². The first-order valence-corrected chi connectivity index (χ1v) is 10.9. The number of hydrogen-bond donors (Lipinski definition) is 0. The highest BCUT2D eigenvalue weighted by Gasteiger charge is 2.16. The Morgan fingerprint density at radius 3 is 2.43 bits per heavy atom. The summed E-state index contributed by atoms with van der Waals surface area (Å²) >= 11 is 1.45. The molecule has 2 heterocycles. The lowest BCUT2D eigenvalue weighted by Gasteiger charge is -2.25. The summed E-state index contributed by atoms with van der Waals surface area (Å²) in [6, 6.07) is 16.2. The summed E-state index contributed by atoms with van der Waals surface area (Å²) in [7, 11) is 1.65. The first-order chi connectivity index (χ1) is 14.6. The molecule has 0 amide bonds. The SMILES string of the molecule is CCN(CC)c1ccc(/C=c2/sc3n(c2=O)CN(c2ccc(OC)cc2)CN=3)cc1. The van der Waals surface area contributed by atoms with Crippen LogP contribution in [0, 0.1) is 0 Å². The Kier molecular flexibility index (Phi) is 5.90. The Bertz CT molecular complexity index is 1180. The van der Waals surface area contributed by atoms with E-state index in [0.29, 0.717) is 17.9 Å². The van der Waals surface area contributed by atoms with Crippen molar-refractivity contribution in [2.24, 2.45) is 4.99 Å². The fourth-order valence-electron chi connectivity index (χ4n) is 3.59. The average Bonchev–Trinajstić information content (AvgIpc) is 3.10. The molecule has 1 aliphatic rings. The lowest BCUT2D eigenvalue weighted by molar-refractivity contribution is 0.414. The maximum Gasteiger partial charge on any atom is 0.271 e. The molecular weight excluding hydrogens is 396 g/mol. The lowest BCUT2D eigenvalue weighted by Crippen LogP contribution is -2.42. The van der Waals surface area contributed by atoms with Gasteiger partial charge in [-0.25, -0.2) is 4.99 Å². The minimum Gasteiger partial charge on any atom is -0.497 e. The smallest absolute Gasteiger partial charge is 0.271 e. The number of hydrogen-bond acceptors (Lipinski definition) is 6. The monoisotopic (exact) mass is 422 g/mol. The minimum absolute atomic E-state index is 0.00443. The zero-order chi connectivity index (χ0) is 21.1. The Labute approximate surface area is 180 Å². The summed E-state index contributed by atoms with van der Waals surface area (Å²) in [6.07, 6.45) is 1.96. The molecule has 2 aromatic carbocycles. The van der Waals surface area contributed by atoms with Crippen molar-refractivity contribution in [2.45, 2.75) is 20.5 Å². The van der Waals surface area contributed by atoms with E-state index in [0.717, 1.165) is 34.9 Å². The van der Waals surface area contributed by atoms with Crippen LogP contribution in [0.2, 0.25) is 0 Å². The molecule has 1 aromatic heterocycles. The van der Waals surface area contributed by atoms with Crippen LogP contribution in [0.25, 0.3) is 6.08 Å². The van der Waals surface area contributed by atoms with Crippen molar-refractivity contribution in [1.29, 1.82) is 0 Å². The van der Waals surface area contributed by atoms with Crippen LogP contribution in [0.4, 0.5) is 11.4 Å². The van der Waals surface area contributed by atoms with Crippen molar-refractivity contribution < 1.29 is 4.74 Å². The van der Waals surface area contributed by atoms with Crippen molar-refractivity contribution in [1.82, 2.24) is 4.57 Å². The third-order valence-corrected chi connectivity index (χ3v) is 6.38. The van der Waals surface area contributed by atoms with E-state index in [2.05, 4.69) is 52.9 Å². The van der Waals surface area contributed by atoms with Gasteiger partial charge in [-0.1, -0.05) is 23.5 Å². The molecule has 0 unspecified atom stereocenters. The Balaban J connectivity index is 1.60. The molecule has 0 radical (unpaired) electrons. The number of fused-ring (bicyclic) bond motifs is 1. The van der Waals surface area contributed by atoms with Gasteiger partial charge in [0.15, 0.2) is 4.80 Å². The highest BCUT2D eigenvalue weighted by Crippen LogP contribution is 2.20. The van der Waals surface area contributed by atoms with Gasteiger partial charge in [0.2, 0.25) is 0 Å². The summed E-state index contributed by atoms with van der Waals surface area (Å²) in [5.74, 6) is 0.810. The van der Waals surface area contributed by atoms with Crippen LogP contribution in [-0.4, -0.2) is 31.4 Å². The Hall–Kier alpha value is -3.06. The van der Waals surface area contributed by atoms with E-state index in [1.165, 1.54) is 17.0 Å². The van der Waals surface area contributed by atoms with Gasteiger partial charge >= 0.3 is 0 Å². The standard InChI is InChI=1S/C23H26N4O2S/c1-4-25(5-2)18-8-6-17(7-9-18)14-21-22(28)27-16-26(15-24-23(27)30-21)19-10-12-20(29-3)13-11-19/h6-14H,4-5,15-16H2,1-3H3/b21-14+. The van der Waals surface area contributed by atoms with Gasteiger partial charge in [-0.15, -0.1) is 0 Å². The highest BCUT2D eigenvalue weighted by atomic mass is 32.1. The number of thiazole rings is 1. The summed E-state index contributed by atoms with van der Waals surface area (Å²) < 4.78 is 7.68. The van der Waals surface area contributed by atoms with Crippen LogP contribution < -0.4 is 29.4 Å².